The number of ether oxygens (including phenoxy) is 1. The highest BCUT2D eigenvalue weighted by molar-refractivity contribution is 8.00. The van der Waals surface area contributed by atoms with E-state index in [9.17, 15) is 23.6 Å². The third-order valence-corrected chi connectivity index (χ3v) is 11.3. The fourth-order valence-electron chi connectivity index (χ4n) is 5.78. The summed E-state index contributed by atoms with van der Waals surface area (Å²) >= 11 is 8.94. The van der Waals surface area contributed by atoms with E-state index in [4.69, 9.17) is 16.3 Å². The van der Waals surface area contributed by atoms with Crippen LogP contribution in [-0.4, -0.2) is 36.1 Å². The van der Waals surface area contributed by atoms with Gasteiger partial charge in [-0.25, -0.2) is 9.18 Å². The molecule has 266 valence electrons. The molecule has 0 radical (unpaired) electrons. The molecule has 5 rings (SSSR count). The van der Waals surface area contributed by atoms with Gasteiger partial charge in [0.1, 0.15) is 16.5 Å². The van der Waals surface area contributed by atoms with Crippen LogP contribution in [0.1, 0.15) is 70.8 Å². The van der Waals surface area contributed by atoms with E-state index in [0.29, 0.717) is 32.6 Å². The second kappa shape index (κ2) is 16.3. The van der Waals surface area contributed by atoms with E-state index in [1.807, 2.05) is 0 Å². The van der Waals surface area contributed by atoms with E-state index in [1.54, 1.807) is 61.5 Å². The summed E-state index contributed by atoms with van der Waals surface area (Å²) in [5.41, 5.74) is 1.91. The van der Waals surface area contributed by atoms with Crippen molar-refractivity contribution >= 4 is 75.2 Å². The summed E-state index contributed by atoms with van der Waals surface area (Å²) in [6.45, 7) is 8.42. The minimum Gasteiger partial charge on any atom is -0.465 e. The summed E-state index contributed by atoms with van der Waals surface area (Å²) in [7, 11) is 1.34. The highest BCUT2D eigenvalue weighted by Gasteiger charge is 2.34. The van der Waals surface area contributed by atoms with Crippen molar-refractivity contribution in [3.63, 3.8) is 0 Å². The van der Waals surface area contributed by atoms with Gasteiger partial charge in [-0.1, -0.05) is 62.7 Å². The van der Waals surface area contributed by atoms with Crippen LogP contribution in [0, 0.1) is 17.2 Å². The van der Waals surface area contributed by atoms with Crippen molar-refractivity contribution < 1.29 is 28.3 Å². The second-order valence-corrected chi connectivity index (χ2v) is 16.2. The average Bonchev–Trinajstić information content (AvgIpc) is 3.46. The zero-order chi connectivity index (χ0) is 36.9. The van der Waals surface area contributed by atoms with Crippen LogP contribution in [0.25, 0.3) is 6.08 Å². The van der Waals surface area contributed by atoms with Crippen LogP contribution in [-0.2, 0) is 27.2 Å². The van der Waals surface area contributed by atoms with Gasteiger partial charge >= 0.3 is 5.97 Å². The van der Waals surface area contributed by atoms with Crippen LogP contribution in [0.15, 0.2) is 83.4 Å². The smallest absolute Gasteiger partial charge is 0.341 e. The van der Waals surface area contributed by atoms with Crippen molar-refractivity contribution in [2.45, 2.75) is 57.1 Å². The lowest BCUT2D eigenvalue weighted by Crippen LogP contribution is -2.30. The Morgan fingerprint density at radius 3 is 2.43 bits per heavy atom. The van der Waals surface area contributed by atoms with Crippen molar-refractivity contribution in [2.75, 3.05) is 17.7 Å². The third kappa shape index (κ3) is 9.27. The topological polar surface area (TPSA) is 114 Å². The Kier molecular flexibility index (Phi) is 12.1. The van der Waals surface area contributed by atoms with E-state index in [-0.39, 0.29) is 27.6 Å². The highest BCUT2D eigenvalue weighted by atomic mass is 35.5. The molecule has 0 saturated carbocycles. The molecule has 0 saturated heterocycles. The van der Waals surface area contributed by atoms with Crippen LogP contribution in [0.3, 0.4) is 0 Å². The fraction of sp³-hybridized carbons (Fsp3) is 0.282. The van der Waals surface area contributed by atoms with Crippen LogP contribution in [0.4, 0.5) is 15.1 Å². The highest BCUT2D eigenvalue weighted by Crippen LogP contribution is 2.44. The van der Waals surface area contributed by atoms with Crippen LogP contribution >= 0.6 is 34.7 Å². The summed E-state index contributed by atoms with van der Waals surface area (Å²) in [6, 6.07) is 19.3. The van der Waals surface area contributed by atoms with Gasteiger partial charge in [0.15, 0.2) is 0 Å². The maximum atomic E-state index is 14.7. The number of thioether (sulfide) groups is 1. The standard InChI is InChI=1S/C39H39ClFN3O5S2/c1-22(34(45)44-37-33(38(48)49-5)27-18-17-24(39(2,3)4)19-32(27)51-37)50-26-14-9-13-25(20-26)42-36(47)31(21-28-29(40)15-10-16-30(28)41)43-35(46)23-11-7-6-8-12-23/h6-16,20-22,24H,17-19H2,1-5H3,(H,42,47)(H,43,46)(H,44,45)/b31-21+. The van der Waals surface area contributed by atoms with Gasteiger partial charge < -0.3 is 20.7 Å². The molecule has 1 aliphatic rings. The van der Waals surface area contributed by atoms with Crippen LogP contribution in [0.5, 0.6) is 0 Å². The van der Waals surface area contributed by atoms with Gasteiger partial charge in [0.25, 0.3) is 11.8 Å². The number of amides is 3. The van der Waals surface area contributed by atoms with E-state index in [2.05, 4.69) is 36.7 Å². The predicted octanol–water partition coefficient (Wildman–Crippen LogP) is 9.01. The van der Waals surface area contributed by atoms with Crippen LogP contribution < -0.4 is 16.0 Å². The number of anilines is 2. The maximum absolute atomic E-state index is 14.7. The molecule has 1 aromatic heterocycles. The van der Waals surface area contributed by atoms with Crippen molar-refractivity contribution in [1.29, 1.82) is 0 Å². The lowest BCUT2D eigenvalue weighted by atomic mass is 9.72. The minimum absolute atomic E-state index is 0.0576. The molecule has 2 atom stereocenters. The molecular formula is C39H39ClFN3O5S2. The van der Waals surface area contributed by atoms with Gasteiger partial charge in [0.05, 0.1) is 22.9 Å². The Morgan fingerprint density at radius 2 is 1.75 bits per heavy atom. The Labute approximate surface area is 310 Å². The van der Waals surface area contributed by atoms with Gasteiger partial charge in [0.2, 0.25) is 5.91 Å². The summed E-state index contributed by atoms with van der Waals surface area (Å²) in [6.07, 6.45) is 3.73. The van der Waals surface area contributed by atoms with E-state index in [1.165, 1.54) is 54.5 Å². The molecule has 3 aromatic carbocycles. The molecule has 0 spiro atoms. The fourth-order valence-corrected chi connectivity index (χ4v) is 8.25. The number of thiophene rings is 1. The number of hydrogen-bond acceptors (Lipinski definition) is 7. The first kappa shape index (κ1) is 37.8. The molecule has 3 amide bonds. The lowest BCUT2D eigenvalue weighted by Gasteiger charge is -2.33. The number of methoxy groups -OCH3 is 1. The molecule has 0 aliphatic heterocycles. The summed E-state index contributed by atoms with van der Waals surface area (Å²) in [5, 5.41) is 8.30. The Morgan fingerprint density at radius 1 is 1.02 bits per heavy atom. The zero-order valence-corrected chi connectivity index (χ0v) is 31.3. The number of carbonyl (C=O) groups is 4. The third-order valence-electron chi connectivity index (χ3n) is 8.71. The van der Waals surface area contributed by atoms with Crippen molar-refractivity contribution in [2.24, 2.45) is 11.3 Å². The predicted molar refractivity (Wildman–Crippen MR) is 203 cm³/mol. The number of nitrogens with one attached hydrogen (secondary N) is 3. The van der Waals surface area contributed by atoms with Crippen molar-refractivity contribution in [3.8, 4) is 0 Å². The average molecular weight is 748 g/mol. The maximum Gasteiger partial charge on any atom is 0.341 e. The molecule has 8 nitrogen and oxygen atoms in total. The molecule has 4 aromatic rings. The minimum atomic E-state index is -0.711. The number of halogens is 2. The quantitative estimate of drug-likeness (QED) is 0.0848. The number of fused-ring (bicyclic) bond motifs is 1. The van der Waals surface area contributed by atoms with Crippen LogP contribution in [0.2, 0.25) is 5.02 Å². The molecule has 0 fully saturated rings. The van der Waals surface area contributed by atoms with E-state index >= 15 is 0 Å². The summed E-state index contributed by atoms with van der Waals surface area (Å²) < 4.78 is 19.8. The lowest BCUT2D eigenvalue weighted by molar-refractivity contribution is -0.115. The van der Waals surface area contributed by atoms with Gasteiger partial charge in [-0.05, 0) is 91.6 Å². The van der Waals surface area contributed by atoms with Gasteiger partial charge in [0, 0.05) is 26.6 Å². The molecule has 51 heavy (non-hydrogen) atoms. The number of benzene rings is 3. The van der Waals surface area contributed by atoms with Crippen molar-refractivity contribution in [1.82, 2.24) is 5.32 Å². The first-order chi connectivity index (χ1) is 24.2. The second-order valence-electron chi connectivity index (χ2n) is 13.3. The molecule has 12 heteroatoms. The monoisotopic (exact) mass is 747 g/mol. The first-order valence-electron chi connectivity index (χ1n) is 16.4. The number of esters is 1. The van der Waals surface area contributed by atoms with E-state index < -0.39 is 28.9 Å². The Hall–Kier alpha value is -4.45. The number of carbonyl (C=O) groups excluding carboxylic acids is 4. The molecule has 3 N–H and O–H groups in total. The number of hydrogen-bond donors (Lipinski definition) is 3. The normalized spacial score (nSPS) is 15.0. The Balaban J connectivity index is 1.31. The number of rotatable bonds is 10. The van der Waals surface area contributed by atoms with Gasteiger partial charge in [-0.2, -0.15) is 0 Å². The summed E-state index contributed by atoms with van der Waals surface area (Å²) in [5.74, 6) is -2.23. The van der Waals surface area contributed by atoms with Crippen molar-refractivity contribution in [3.05, 3.63) is 116 Å². The molecular weight excluding hydrogens is 709 g/mol. The molecule has 1 heterocycles. The largest absolute Gasteiger partial charge is 0.465 e. The summed E-state index contributed by atoms with van der Waals surface area (Å²) in [4.78, 5) is 54.7. The Bertz CT molecular complexity index is 1970. The first-order valence-corrected chi connectivity index (χ1v) is 18.5. The molecule has 1 aliphatic carbocycles. The van der Waals surface area contributed by atoms with Gasteiger partial charge in [-0.3, -0.25) is 14.4 Å². The SMILES string of the molecule is COC(=O)c1c(NC(=O)C(C)Sc2cccc(NC(=O)/C(=C\c3c(F)cccc3Cl)NC(=O)c3ccccc3)c2)sc2c1CCC(C(C)(C)C)C2. The molecule has 0 bridgehead atoms. The van der Waals surface area contributed by atoms with E-state index in [0.717, 1.165) is 29.7 Å². The molecule has 2 unspecified atom stereocenters. The zero-order valence-electron chi connectivity index (χ0n) is 28.9. The van der Waals surface area contributed by atoms with Gasteiger partial charge in [-0.15, -0.1) is 23.1 Å².